The molecule has 114 valence electrons. The van der Waals surface area contributed by atoms with Crippen molar-refractivity contribution < 1.29 is 13.2 Å². The summed E-state index contributed by atoms with van der Waals surface area (Å²) in [6.07, 6.45) is -0.161. The van der Waals surface area contributed by atoms with Crippen LogP contribution in [0.1, 0.15) is 26.3 Å². The van der Waals surface area contributed by atoms with E-state index >= 15 is 0 Å². The van der Waals surface area contributed by atoms with Gasteiger partial charge in [0, 0.05) is 26.2 Å². The Labute approximate surface area is 121 Å². The number of rotatable bonds is 8. The number of hydrogen-bond acceptors (Lipinski definition) is 4. The van der Waals surface area contributed by atoms with Crippen LogP contribution in [0.4, 0.5) is 0 Å². The third-order valence-electron chi connectivity index (χ3n) is 2.93. The fourth-order valence-electron chi connectivity index (χ4n) is 1.61. The van der Waals surface area contributed by atoms with Gasteiger partial charge in [-0.3, -0.25) is 0 Å². The van der Waals surface area contributed by atoms with E-state index in [1.807, 2.05) is 32.9 Å². The molecule has 0 radical (unpaired) electrons. The number of sulfonamides is 1. The highest BCUT2D eigenvalue weighted by atomic mass is 32.2. The zero-order valence-corrected chi connectivity index (χ0v) is 13.3. The van der Waals surface area contributed by atoms with Crippen molar-refractivity contribution in [2.75, 3.05) is 13.7 Å². The second-order valence-corrected chi connectivity index (χ2v) is 6.78. The van der Waals surface area contributed by atoms with Gasteiger partial charge in [0.05, 0.1) is 11.0 Å². The molecule has 1 unspecified atom stereocenters. The van der Waals surface area contributed by atoms with E-state index in [-0.39, 0.29) is 12.6 Å². The Morgan fingerprint density at radius 2 is 1.85 bits per heavy atom. The predicted molar refractivity (Wildman–Crippen MR) is 80.1 cm³/mol. The molecule has 1 rings (SSSR count). The maximum atomic E-state index is 12.3. The van der Waals surface area contributed by atoms with Crippen molar-refractivity contribution in [3.05, 3.63) is 29.8 Å². The smallest absolute Gasteiger partial charge is 0.240 e. The van der Waals surface area contributed by atoms with Gasteiger partial charge in [0.15, 0.2) is 0 Å². The summed E-state index contributed by atoms with van der Waals surface area (Å²) in [5.41, 5.74) is 0.763. The number of ether oxygens (including phenoxy) is 1. The maximum Gasteiger partial charge on any atom is 0.240 e. The molecule has 0 spiro atoms. The van der Waals surface area contributed by atoms with Crippen molar-refractivity contribution in [1.29, 1.82) is 0 Å². The Kier molecular flexibility index (Phi) is 6.61. The van der Waals surface area contributed by atoms with Crippen LogP contribution in [-0.2, 0) is 21.3 Å². The van der Waals surface area contributed by atoms with Gasteiger partial charge in [-0.15, -0.1) is 0 Å². The van der Waals surface area contributed by atoms with Gasteiger partial charge in [0.2, 0.25) is 10.0 Å². The van der Waals surface area contributed by atoms with Crippen molar-refractivity contribution in [2.45, 2.75) is 44.4 Å². The van der Waals surface area contributed by atoms with E-state index in [1.165, 1.54) is 0 Å². The molecule has 0 aliphatic heterocycles. The minimum absolute atomic E-state index is 0.161. The Bertz CT molecular complexity index is 515. The van der Waals surface area contributed by atoms with Crippen LogP contribution in [0.15, 0.2) is 29.2 Å². The summed E-state index contributed by atoms with van der Waals surface area (Å²) in [6.45, 7) is 6.64. The summed E-state index contributed by atoms with van der Waals surface area (Å²) in [5, 5.41) is 3.23. The van der Waals surface area contributed by atoms with Gasteiger partial charge >= 0.3 is 0 Å². The summed E-state index contributed by atoms with van der Waals surface area (Å²) in [7, 11) is -1.96. The fraction of sp³-hybridized carbons (Fsp3) is 0.571. The van der Waals surface area contributed by atoms with E-state index in [0.29, 0.717) is 17.5 Å². The first-order valence-electron chi connectivity index (χ1n) is 6.70. The molecule has 0 amide bonds. The number of methoxy groups -OCH3 is 1. The summed E-state index contributed by atoms with van der Waals surface area (Å²) in [6, 6.07) is 7.31. The van der Waals surface area contributed by atoms with Gasteiger partial charge in [-0.25, -0.2) is 13.1 Å². The molecule has 6 heteroatoms. The number of hydrogen-bond donors (Lipinski definition) is 2. The van der Waals surface area contributed by atoms with Gasteiger partial charge in [-0.2, -0.15) is 0 Å². The van der Waals surface area contributed by atoms with Crippen LogP contribution in [0.3, 0.4) is 0 Å². The average molecular weight is 300 g/mol. The first-order valence-corrected chi connectivity index (χ1v) is 8.19. The molecule has 5 nitrogen and oxygen atoms in total. The lowest BCUT2D eigenvalue weighted by atomic mass is 10.2. The van der Waals surface area contributed by atoms with Gasteiger partial charge in [0.1, 0.15) is 0 Å². The topological polar surface area (TPSA) is 67.4 Å². The van der Waals surface area contributed by atoms with Crippen molar-refractivity contribution in [3.8, 4) is 0 Å². The first kappa shape index (κ1) is 17.1. The highest BCUT2D eigenvalue weighted by molar-refractivity contribution is 7.89. The number of nitrogens with one attached hydrogen (secondary N) is 2. The van der Waals surface area contributed by atoms with Crippen LogP contribution < -0.4 is 10.0 Å². The third-order valence-corrected chi connectivity index (χ3v) is 4.45. The van der Waals surface area contributed by atoms with E-state index in [2.05, 4.69) is 10.0 Å². The lowest BCUT2D eigenvalue weighted by Gasteiger charge is -2.15. The quantitative estimate of drug-likeness (QED) is 0.763. The molecule has 0 bridgehead atoms. The van der Waals surface area contributed by atoms with Crippen LogP contribution >= 0.6 is 0 Å². The molecular weight excluding hydrogens is 276 g/mol. The molecule has 2 N–H and O–H groups in total. The van der Waals surface area contributed by atoms with E-state index in [1.54, 1.807) is 19.2 Å². The van der Waals surface area contributed by atoms with Crippen LogP contribution in [-0.4, -0.2) is 34.2 Å². The molecule has 1 aromatic rings. The molecule has 0 saturated carbocycles. The molecule has 20 heavy (non-hydrogen) atoms. The lowest BCUT2D eigenvalue weighted by Crippen LogP contribution is -2.32. The summed E-state index contributed by atoms with van der Waals surface area (Å²) in [4.78, 5) is 0.316. The van der Waals surface area contributed by atoms with Crippen LogP contribution in [0.5, 0.6) is 0 Å². The van der Waals surface area contributed by atoms with Crippen molar-refractivity contribution >= 4 is 10.0 Å². The second-order valence-electron chi connectivity index (χ2n) is 5.04. The molecule has 0 fully saturated rings. The van der Waals surface area contributed by atoms with E-state index in [0.717, 1.165) is 5.56 Å². The second kappa shape index (κ2) is 7.73. The fourth-order valence-corrected chi connectivity index (χ4v) is 2.97. The zero-order chi connectivity index (χ0) is 15.2. The van der Waals surface area contributed by atoms with Gasteiger partial charge in [-0.05, 0) is 18.6 Å². The zero-order valence-electron chi connectivity index (χ0n) is 12.5. The van der Waals surface area contributed by atoms with E-state index < -0.39 is 10.0 Å². The van der Waals surface area contributed by atoms with Gasteiger partial charge in [0.25, 0.3) is 0 Å². The minimum atomic E-state index is -3.51. The number of benzene rings is 1. The summed E-state index contributed by atoms with van der Waals surface area (Å²) in [5.74, 6) is 0. The maximum absolute atomic E-state index is 12.3. The van der Waals surface area contributed by atoms with Crippen molar-refractivity contribution in [2.24, 2.45) is 0 Å². The van der Waals surface area contributed by atoms with Crippen LogP contribution in [0.25, 0.3) is 0 Å². The normalized spacial score (nSPS) is 13.7. The third kappa shape index (κ3) is 5.20. The molecule has 0 aliphatic rings. The Morgan fingerprint density at radius 3 is 2.45 bits per heavy atom. The first-order chi connectivity index (χ1) is 9.36. The molecule has 1 atom stereocenters. The minimum Gasteiger partial charge on any atom is -0.380 e. The van der Waals surface area contributed by atoms with Crippen molar-refractivity contribution in [1.82, 2.24) is 10.0 Å². The monoisotopic (exact) mass is 300 g/mol. The standard InChI is InChI=1S/C14H24N2O3S/c1-11(2)15-10-13-7-5-6-8-14(13)20(17,18)16-9-12(3)19-4/h5-8,11-12,15-16H,9-10H2,1-4H3. The summed E-state index contributed by atoms with van der Waals surface area (Å²) >= 11 is 0. The van der Waals surface area contributed by atoms with Gasteiger partial charge < -0.3 is 10.1 Å². The Morgan fingerprint density at radius 1 is 1.20 bits per heavy atom. The van der Waals surface area contributed by atoms with Crippen LogP contribution in [0.2, 0.25) is 0 Å². The molecular formula is C14H24N2O3S. The SMILES string of the molecule is COC(C)CNS(=O)(=O)c1ccccc1CNC(C)C. The lowest BCUT2D eigenvalue weighted by molar-refractivity contribution is 0.122. The highest BCUT2D eigenvalue weighted by Crippen LogP contribution is 2.15. The van der Waals surface area contributed by atoms with Crippen LogP contribution in [0, 0.1) is 0 Å². The highest BCUT2D eigenvalue weighted by Gasteiger charge is 2.18. The van der Waals surface area contributed by atoms with E-state index in [4.69, 9.17) is 4.74 Å². The summed E-state index contributed by atoms with van der Waals surface area (Å²) < 4.78 is 32.3. The molecule has 0 heterocycles. The average Bonchev–Trinajstić information content (AvgIpc) is 2.42. The van der Waals surface area contributed by atoms with Crippen molar-refractivity contribution in [3.63, 3.8) is 0 Å². The van der Waals surface area contributed by atoms with E-state index in [9.17, 15) is 8.42 Å². The molecule has 0 saturated heterocycles. The predicted octanol–water partition coefficient (Wildman–Crippen LogP) is 1.50. The Balaban J connectivity index is 2.88. The Hall–Kier alpha value is -0.950. The molecule has 0 aromatic heterocycles. The molecule has 1 aromatic carbocycles. The molecule has 0 aliphatic carbocycles. The van der Waals surface area contributed by atoms with Gasteiger partial charge in [-0.1, -0.05) is 32.0 Å². The largest absolute Gasteiger partial charge is 0.380 e.